The highest BCUT2D eigenvalue weighted by molar-refractivity contribution is 7.92. The van der Waals surface area contributed by atoms with Crippen molar-refractivity contribution in [2.75, 3.05) is 23.3 Å². The van der Waals surface area contributed by atoms with Gasteiger partial charge in [-0.05, 0) is 73.2 Å². The number of hydrogen-bond donors (Lipinski definition) is 1. The lowest BCUT2D eigenvalue weighted by atomic mass is 10.2. The Morgan fingerprint density at radius 3 is 2.43 bits per heavy atom. The van der Waals surface area contributed by atoms with E-state index >= 15 is 0 Å². The summed E-state index contributed by atoms with van der Waals surface area (Å²) in [6, 6.07) is 20.0. The molecule has 35 heavy (non-hydrogen) atoms. The Balaban J connectivity index is 1.57. The number of rotatable bonds is 8. The van der Waals surface area contributed by atoms with Crippen molar-refractivity contribution in [2.45, 2.75) is 11.8 Å². The predicted octanol–water partition coefficient (Wildman–Crippen LogP) is 5.01. The summed E-state index contributed by atoms with van der Waals surface area (Å²) in [6.07, 6.45) is 0. The second-order valence-corrected chi connectivity index (χ2v) is 10.8. The zero-order valence-corrected chi connectivity index (χ0v) is 21.2. The molecule has 0 fully saturated rings. The Morgan fingerprint density at radius 2 is 1.77 bits per heavy atom. The summed E-state index contributed by atoms with van der Waals surface area (Å²) in [4.78, 5) is 12.9. The number of carbonyl (C=O) groups excluding carboxylic acids is 1. The Labute approximate surface area is 212 Å². The molecule has 0 aliphatic carbocycles. The fourth-order valence-corrected chi connectivity index (χ4v) is 5.55. The van der Waals surface area contributed by atoms with Crippen molar-refractivity contribution in [2.24, 2.45) is 0 Å². The molecule has 0 saturated heterocycles. The van der Waals surface area contributed by atoms with Crippen molar-refractivity contribution in [1.82, 2.24) is 10.2 Å². The molecule has 1 aromatic heterocycles. The highest BCUT2D eigenvalue weighted by atomic mass is 35.5. The Hall–Kier alpha value is -3.47. The predicted molar refractivity (Wildman–Crippen MR) is 138 cm³/mol. The lowest BCUT2D eigenvalue weighted by Gasteiger charge is -2.24. The van der Waals surface area contributed by atoms with E-state index in [0.29, 0.717) is 21.5 Å². The summed E-state index contributed by atoms with van der Waals surface area (Å²) < 4.78 is 33.1. The first-order valence-electron chi connectivity index (χ1n) is 10.4. The van der Waals surface area contributed by atoms with E-state index in [1.807, 2.05) is 25.1 Å². The Kier molecular flexibility index (Phi) is 7.34. The van der Waals surface area contributed by atoms with Crippen LogP contribution in [0.4, 0.5) is 10.8 Å². The molecule has 0 spiro atoms. The fourth-order valence-electron chi connectivity index (χ4n) is 3.25. The third-order valence-electron chi connectivity index (χ3n) is 4.99. The summed E-state index contributed by atoms with van der Waals surface area (Å²) in [6.45, 7) is 1.39. The van der Waals surface area contributed by atoms with E-state index in [0.717, 1.165) is 15.4 Å². The molecule has 0 aliphatic rings. The van der Waals surface area contributed by atoms with Crippen molar-refractivity contribution in [3.63, 3.8) is 0 Å². The lowest BCUT2D eigenvalue weighted by molar-refractivity contribution is -0.114. The van der Waals surface area contributed by atoms with E-state index in [2.05, 4.69) is 15.5 Å². The number of sulfonamides is 1. The number of anilines is 2. The van der Waals surface area contributed by atoms with Crippen LogP contribution in [-0.4, -0.2) is 38.2 Å². The molecule has 0 saturated carbocycles. The Morgan fingerprint density at radius 1 is 1.06 bits per heavy atom. The smallest absolute Gasteiger partial charge is 0.264 e. The van der Waals surface area contributed by atoms with Gasteiger partial charge in [0.1, 0.15) is 17.3 Å². The third kappa shape index (κ3) is 5.79. The van der Waals surface area contributed by atoms with E-state index in [1.54, 1.807) is 37.4 Å². The third-order valence-corrected chi connectivity index (χ3v) is 7.91. The summed E-state index contributed by atoms with van der Waals surface area (Å²) >= 11 is 7.11. The van der Waals surface area contributed by atoms with E-state index in [-0.39, 0.29) is 10.0 Å². The summed E-state index contributed by atoms with van der Waals surface area (Å²) in [5, 5.41) is 12.1. The number of carbonyl (C=O) groups is 1. The number of aryl methyl sites for hydroxylation is 1. The molecule has 0 atom stereocenters. The van der Waals surface area contributed by atoms with Gasteiger partial charge in [0.05, 0.1) is 17.7 Å². The molecule has 4 rings (SSSR count). The van der Waals surface area contributed by atoms with Crippen molar-refractivity contribution < 1.29 is 17.9 Å². The summed E-state index contributed by atoms with van der Waals surface area (Å²) in [7, 11) is -2.47. The number of nitrogens with one attached hydrogen (secondary N) is 1. The first-order chi connectivity index (χ1) is 16.8. The maximum Gasteiger partial charge on any atom is 0.264 e. The molecule has 1 heterocycles. The van der Waals surface area contributed by atoms with Crippen molar-refractivity contribution in [3.8, 4) is 16.3 Å². The average Bonchev–Trinajstić information content (AvgIpc) is 3.31. The monoisotopic (exact) mass is 528 g/mol. The van der Waals surface area contributed by atoms with Crippen LogP contribution in [-0.2, 0) is 14.8 Å². The minimum absolute atomic E-state index is 0.0221. The second kappa shape index (κ2) is 10.4. The zero-order valence-electron chi connectivity index (χ0n) is 18.8. The second-order valence-electron chi connectivity index (χ2n) is 7.49. The highest BCUT2D eigenvalue weighted by Crippen LogP contribution is 2.29. The molecule has 0 radical (unpaired) electrons. The van der Waals surface area contributed by atoms with Gasteiger partial charge >= 0.3 is 0 Å². The maximum absolute atomic E-state index is 13.5. The minimum Gasteiger partial charge on any atom is -0.497 e. The number of nitrogens with zero attached hydrogens (tertiary/aromatic N) is 3. The van der Waals surface area contributed by atoms with Gasteiger partial charge in [0.25, 0.3) is 10.0 Å². The molecule has 1 amide bonds. The van der Waals surface area contributed by atoms with E-state index in [4.69, 9.17) is 16.3 Å². The van der Waals surface area contributed by atoms with Gasteiger partial charge in [-0.2, -0.15) is 0 Å². The van der Waals surface area contributed by atoms with Crippen molar-refractivity contribution in [1.29, 1.82) is 0 Å². The Bertz CT molecular complexity index is 1440. The highest BCUT2D eigenvalue weighted by Gasteiger charge is 2.27. The number of amides is 1. The molecule has 11 heteroatoms. The van der Waals surface area contributed by atoms with Gasteiger partial charge < -0.3 is 4.74 Å². The van der Waals surface area contributed by atoms with E-state index in [9.17, 15) is 13.2 Å². The van der Waals surface area contributed by atoms with Gasteiger partial charge in [-0.25, -0.2) is 8.42 Å². The van der Waals surface area contributed by atoms with Crippen LogP contribution in [0, 0.1) is 6.92 Å². The first-order valence-corrected chi connectivity index (χ1v) is 13.0. The summed E-state index contributed by atoms with van der Waals surface area (Å²) in [5.74, 6) is 0.159. The van der Waals surface area contributed by atoms with Crippen molar-refractivity contribution in [3.05, 3.63) is 83.4 Å². The van der Waals surface area contributed by atoms with Gasteiger partial charge in [-0.3, -0.25) is 14.4 Å². The molecule has 1 N–H and O–H groups in total. The van der Waals surface area contributed by atoms with Crippen molar-refractivity contribution >= 4 is 49.7 Å². The van der Waals surface area contributed by atoms with Gasteiger partial charge in [-0.15, -0.1) is 10.2 Å². The largest absolute Gasteiger partial charge is 0.497 e. The number of halogens is 1. The molecular weight excluding hydrogens is 508 g/mol. The van der Waals surface area contributed by atoms with E-state index in [1.165, 1.54) is 35.6 Å². The van der Waals surface area contributed by atoms with Gasteiger partial charge in [0.2, 0.25) is 11.0 Å². The average molecular weight is 529 g/mol. The normalized spacial score (nSPS) is 11.2. The number of benzene rings is 3. The van der Waals surface area contributed by atoms with E-state index < -0.39 is 22.5 Å². The topological polar surface area (TPSA) is 101 Å². The maximum atomic E-state index is 13.5. The van der Waals surface area contributed by atoms with Crippen LogP contribution >= 0.6 is 22.9 Å². The molecule has 0 aliphatic heterocycles. The molecule has 8 nitrogen and oxygen atoms in total. The quantitative estimate of drug-likeness (QED) is 0.345. The summed E-state index contributed by atoms with van der Waals surface area (Å²) in [5.41, 5.74) is 2.04. The molecule has 4 aromatic rings. The van der Waals surface area contributed by atoms with Gasteiger partial charge in [-0.1, -0.05) is 35.1 Å². The SMILES string of the molecule is COc1ccc(-c2nnc(NC(=O)CN(c3cccc(C)c3)S(=O)(=O)c3ccc(Cl)cc3)s2)cc1. The van der Waals surface area contributed by atoms with Crippen LogP contribution in [0.25, 0.3) is 10.6 Å². The molecular formula is C24H21ClN4O4S2. The number of hydrogen-bond acceptors (Lipinski definition) is 7. The van der Waals surface area contributed by atoms with Crippen LogP contribution in [0.3, 0.4) is 0 Å². The lowest BCUT2D eigenvalue weighted by Crippen LogP contribution is -2.38. The van der Waals surface area contributed by atoms with Gasteiger partial charge in [0.15, 0.2) is 0 Å². The zero-order chi connectivity index (χ0) is 25.0. The number of ether oxygens (including phenoxy) is 1. The fraction of sp³-hybridized carbons (Fsp3) is 0.125. The number of methoxy groups -OCH3 is 1. The standard InChI is InChI=1S/C24H21ClN4O4S2/c1-16-4-3-5-19(14-16)29(35(31,32)21-12-8-18(25)9-13-21)15-22(30)26-24-28-27-23(34-24)17-6-10-20(33-2)11-7-17/h3-14H,15H2,1-2H3,(H,26,28,30). The first kappa shape index (κ1) is 24.6. The van der Waals surface area contributed by atoms with Crippen LogP contribution in [0.2, 0.25) is 5.02 Å². The molecule has 180 valence electrons. The number of aromatic nitrogens is 2. The van der Waals surface area contributed by atoms with Crippen LogP contribution in [0.15, 0.2) is 77.7 Å². The molecule has 0 unspecified atom stereocenters. The van der Waals surface area contributed by atoms with Crippen LogP contribution < -0.4 is 14.4 Å². The van der Waals surface area contributed by atoms with Crippen LogP contribution in [0.1, 0.15) is 5.56 Å². The van der Waals surface area contributed by atoms with Crippen LogP contribution in [0.5, 0.6) is 5.75 Å². The van der Waals surface area contributed by atoms with Gasteiger partial charge in [0, 0.05) is 10.6 Å². The minimum atomic E-state index is -4.05. The molecule has 3 aromatic carbocycles. The molecule has 0 bridgehead atoms.